The maximum atomic E-state index is 11.1. The molecule has 0 spiro atoms. The van der Waals surface area contributed by atoms with Gasteiger partial charge in [0.15, 0.2) is 5.75 Å². The highest BCUT2D eigenvalue weighted by Gasteiger charge is 2.23. The fourth-order valence-corrected chi connectivity index (χ4v) is 2.58. The second kappa shape index (κ2) is 6.47. The number of nitro benzene ring substituents is 1. The number of likely N-dealkylation sites (tertiary alicyclic amines) is 1. The van der Waals surface area contributed by atoms with E-state index in [1.165, 1.54) is 13.2 Å². The molecule has 108 valence electrons. The topological polar surface area (TPSA) is 72.7 Å². The Balaban J connectivity index is 2.18. The molecule has 0 aromatic heterocycles. The molecule has 1 aliphatic heterocycles. The summed E-state index contributed by atoms with van der Waals surface area (Å²) in [5.41, 5.74) is 0.788. The minimum atomic E-state index is -0.449. The molecule has 0 bridgehead atoms. The van der Waals surface area contributed by atoms with E-state index in [1.54, 1.807) is 6.07 Å². The number of ether oxygens (including phenoxy) is 1. The lowest BCUT2D eigenvalue weighted by molar-refractivity contribution is -0.385. The van der Waals surface area contributed by atoms with Gasteiger partial charge in [0.25, 0.3) is 0 Å². The van der Waals surface area contributed by atoms with Crippen LogP contribution in [-0.4, -0.2) is 35.8 Å². The highest BCUT2D eigenvalue weighted by atomic mass is 16.6. The van der Waals surface area contributed by atoms with Gasteiger partial charge >= 0.3 is 5.69 Å². The molecule has 0 N–H and O–H groups in total. The summed E-state index contributed by atoms with van der Waals surface area (Å²) < 4.78 is 4.98. The summed E-state index contributed by atoms with van der Waals surface area (Å²) in [6.45, 7) is 1.40. The van der Waals surface area contributed by atoms with Gasteiger partial charge in [0.1, 0.15) is 6.29 Å². The van der Waals surface area contributed by atoms with Gasteiger partial charge in [-0.2, -0.15) is 0 Å². The molecule has 0 amide bonds. The molecule has 1 saturated heterocycles. The lowest BCUT2D eigenvalue weighted by atomic mass is 10.0. The molecule has 6 heteroatoms. The number of carbonyl (C=O) groups is 1. The molecule has 0 saturated carbocycles. The van der Waals surface area contributed by atoms with Crippen molar-refractivity contribution in [2.45, 2.75) is 31.8 Å². The Morgan fingerprint density at radius 3 is 2.95 bits per heavy atom. The lowest BCUT2D eigenvalue weighted by Gasteiger charge is -2.32. The number of benzene rings is 1. The molecule has 1 unspecified atom stereocenters. The molecule has 1 aromatic carbocycles. The standard InChI is InChI=1S/C14H18N2O4/c1-20-14-6-5-11(8-13(14)16(18)19)9-15-7-3-2-4-12(15)10-17/h5-6,8,10,12H,2-4,7,9H2,1H3. The molecule has 1 heterocycles. The van der Waals surface area contributed by atoms with Crippen LogP contribution in [0.25, 0.3) is 0 Å². The zero-order valence-corrected chi connectivity index (χ0v) is 11.4. The van der Waals surface area contributed by atoms with Crippen molar-refractivity contribution in [3.05, 3.63) is 33.9 Å². The van der Waals surface area contributed by atoms with Crippen molar-refractivity contribution < 1.29 is 14.5 Å². The molecule has 0 radical (unpaired) electrons. The number of carbonyl (C=O) groups excluding carboxylic acids is 1. The smallest absolute Gasteiger partial charge is 0.311 e. The molecule has 20 heavy (non-hydrogen) atoms. The first-order chi connectivity index (χ1) is 9.65. The predicted octanol–water partition coefficient (Wildman–Crippen LogP) is 2.16. The minimum absolute atomic E-state index is 0.0373. The van der Waals surface area contributed by atoms with Crippen LogP contribution in [0.2, 0.25) is 0 Å². The van der Waals surface area contributed by atoms with Crippen molar-refractivity contribution in [2.75, 3.05) is 13.7 Å². The summed E-state index contributed by atoms with van der Waals surface area (Å²) in [7, 11) is 1.41. The third-order valence-electron chi connectivity index (χ3n) is 3.65. The Labute approximate surface area is 117 Å². The first kappa shape index (κ1) is 14.5. The summed E-state index contributed by atoms with van der Waals surface area (Å²) in [4.78, 5) is 23.7. The van der Waals surface area contributed by atoms with Crippen molar-refractivity contribution in [3.63, 3.8) is 0 Å². The highest BCUT2D eigenvalue weighted by molar-refractivity contribution is 5.57. The minimum Gasteiger partial charge on any atom is -0.490 e. The van der Waals surface area contributed by atoms with Crippen molar-refractivity contribution in [1.29, 1.82) is 0 Å². The van der Waals surface area contributed by atoms with Crippen molar-refractivity contribution in [2.24, 2.45) is 0 Å². The Hall–Kier alpha value is -1.95. The molecule has 6 nitrogen and oxygen atoms in total. The maximum absolute atomic E-state index is 11.1. The maximum Gasteiger partial charge on any atom is 0.311 e. The molecule has 1 aromatic rings. The molecule has 1 atom stereocenters. The molecular formula is C14H18N2O4. The van der Waals surface area contributed by atoms with E-state index in [-0.39, 0.29) is 17.5 Å². The van der Waals surface area contributed by atoms with Crippen LogP contribution >= 0.6 is 0 Å². The average Bonchev–Trinajstić information content (AvgIpc) is 2.47. The van der Waals surface area contributed by atoms with Crippen molar-refractivity contribution in [1.82, 2.24) is 4.90 Å². The zero-order valence-electron chi connectivity index (χ0n) is 11.4. The average molecular weight is 278 g/mol. The van der Waals surface area contributed by atoms with Crippen LogP contribution < -0.4 is 4.74 Å². The number of nitrogens with zero attached hydrogens (tertiary/aromatic N) is 2. The molecule has 1 aliphatic rings. The van der Waals surface area contributed by atoms with Crippen LogP contribution in [0, 0.1) is 10.1 Å². The van der Waals surface area contributed by atoms with E-state index in [0.717, 1.165) is 37.7 Å². The summed E-state index contributed by atoms with van der Waals surface area (Å²) in [6, 6.07) is 4.86. The van der Waals surface area contributed by atoms with E-state index >= 15 is 0 Å². The SMILES string of the molecule is COc1ccc(CN2CCCCC2C=O)cc1[N+](=O)[O-]. The second-order valence-electron chi connectivity index (χ2n) is 4.93. The molecule has 0 aliphatic carbocycles. The Kier molecular flexibility index (Phi) is 4.68. The van der Waals surface area contributed by atoms with Crippen LogP contribution in [0.3, 0.4) is 0 Å². The fourth-order valence-electron chi connectivity index (χ4n) is 2.58. The van der Waals surface area contributed by atoms with Gasteiger partial charge in [-0.05, 0) is 31.0 Å². The summed E-state index contributed by atoms with van der Waals surface area (Å²) in [5, 5.41) is 11.0. The van der Waals surface area contributed by atoms with Gasteiger partial charge in [0.05, 0.1) is 18.1 Å². The van der Waals surface area contributed by atoms with Gasteiger partial charge in [-0.25, -0.2) is 0 Å². The fraction of sp³-hybridized carbons (Fsp3) is 0.500. The second-order valence-corrected chi connectivity index (χ2v) is 4.93. The van der Waals surface area contributed by atoms with Crippen LogP contribution in [-0.2, 0) is 11.3 Å². The molecule has 1 fully saturated rings. The van der Waals surface area contributed by atoms with Gasteiger partial charge in [0, 0.05) is 12.6 Å². The van der Waals surface area contributed by atoms with E-state index in [4.69, 9.17) is 4.74 Å². The first-order valence-electron chi connectivity index (χ1n) is 6.66. The Bertz CT molecular complexity index is 504. The number of hydrogen-bond acceptors (Lipinski definition) is 5. The first-order valence-corrected chi connectivity index (χ1v) is 6.66. The van der Waals surface area contributed by atoms with Crippen molar-refractivity contribution in [3.8, 4) is 5.75 Å². The zero-order chi connectivity index (χ0) is 14.5. The third-order valence-corrected chi connectivity index (χ3v) is 3.65. The van der Waals surface area contributed by atoms with E-state index < -0.39 is 4.92 Å². The summed E-state index contributed by atoms with van der Waals surface area (Å²) >= 11 is 0. The number of nitro groups is 1. The predicted molar refractivity (Wildman–Crippen MR) is 73.8 cm³/mol. The Morgan fingerprint density at radius 1 is 1.50 bits per heavy atom. The highest BCUT2D eigenvalue weighted by Crippen LogP contribution is 2.28. The van der Waals surface area contributed by atoms with Crippen molar-refractivity contribution >= 4 is 12.0 Å². The normalized spacial score (nSPS) is 19.6. The van der Waals surface area contributed by atoms with Gasteiger partial charge in [0.2, 0.25) is 0 Å². The van der Waals surface area contributed by atoms with E-state index in [9.17, 15) is 14.9 Å². The van der Waals surface area contributed by atoms with Crippen LogP contribution in [0.4, 0.5) is 5.69 Å². The van der Waals surface area contributed by atoms with E-state index in [1.807, 2.05) is 6.07 Å². The van der Waals surface area contributed by atoms with E-state index in [2.05, 4.69) is 4.90 Å². The number of piperidine rings is 1. The number of rotatable bonds is 5. The van der Waals surface area contributed by atoms with Gasteiger partial charge in [-0.1, -0.05) is 12.5 Å². The van der Waals surface area contributed by atoms with Gasteiger partial charge in [-0.15, -0.1) is 0 Å². The summed E-state index contributed by atoms with van der Waals surface area (Å²) in [6.07, 6.45) is 3.95. The molecular weight excluding hydrogens is 260 g/mol. The van der Waals surface area contributed by atoms with Gasteiger partial charge < -0.3 is 9.53 Å². The van der Waals surface area contributed by atoms with E-state index in [0.29, 0.717) is 6.54 Å². The number of methoxy groups -OCH3 is 1. The summed E-state index contributed by atoms with van der Waals surface area (Å²) in [5.74, 6) is 0.254. The lowest BCUT2D eigenvalue weighted by Crippen LogP contribution is -2.39. The van der Waals surface area contributed by atoms with Gasteiger partial charge in [-0.3, -0.25) is 15.0 Å². The number of hydrogen-bond donors (Lipinski definition) is 0. The number of aldehydes is 1. The van der Waals surface area contributed by atoms with Crippen LogP contribution in [0.15, 0.2) is 18.2 Å². The molecule has 2 rings (SSSR count). The Morgan fingerprint density at radius 2 is 2.30 bits per heavy atom. The third kappa shape index (κ3) is 3.14. The monoisotopic (exact) mass is 278 g/mol. The quantitative estimate of drug-likeness (QED) is 0.469. The largest absolute Gasteiger partial charge is 0.490 e. The van der Waals surface area contributed by atoms with Crippen LogP contribution in [0.1, 0.15) is 24.8 Å². The van der Waals surface area contributed by atoms with Crippen LogP contribution in [0.5, 0.6) is 5.75 Å².